The van der Waals surface area contributed by atoms with E-state index in [2.05, 4.69) is 62.7 Å². The van der Waals surface area contributed by atoms with Crippen molar-refractivity contribution in [1.29, 1.82) is 0 Å². The molecule has 3 aromatic rings. The molecule has 0 N–H and O–H groups in total. The highest BCUT2D eigenvalue weighted by atomic mass is 79.9. The van der Waals surface area contributed by atoms with Crippen molar-refractivity contribution in [3.05, 3.63) is 86.5 Å². The summed E-state index contributed by atoms with van der Waals surface area (Å²) < 4.78 is 7.42. The molecule has 5 heteroatoms. The third-order valence-corrected chi connectivity index (χ3v) is 6.05. The van der Waals surface area contributed by atoms with Crippen molar-refractivity contribution < 1.29 is 4.74 Å². The molecule has 0 unspecified atom stereocenters. The number of thiophene rings is 1. The maximum absolute atomic E-state index is 6.35. The molecule has 3 heterocycles. The fourth-order valence-corrected chi connectivity index (χ4v) is 4.59. The third kappa shape index (κ3) is 2.58. The molecular weight excluding hydrogens is 396 g/mol. The summed E-state index contributed by atoms with van der Waals surface area (Å²) in [6.07, 6.45) is 0.703. The Labute approximate surface area is 158 Å². The van der Waals surface area contributed by atoms with E-state index in [4.69, 9.17) is 9.84 Å². The Morgan fingerprint density at radius 2 is 1.96 bits per heavy atom. The van der Waals surface area contributed by atoms with Gasteiger partial charge in [0.05, 0.1) is 16.6 Å². The predicted molar refractivity (Wildman–Crippen MR) is 104 cm³/mol. The van der Waals surface area contributed by atoms with Gasteiger partial charge in [-0.05, 0) is 29.6 Å². The lowest BCUT2D eigenvalue weighted by Gasteiger charge is -2.38. The van der Waals surface area contributed by atoms with Gasteiger partial charge in [0.15, 0.2) is 0 Å². The van der Waals surface area contributed by atoms with E-state index in [0.29, 0.717) is 0 Å². The van der Waals surface area contributed by atoms with Crippen molar-refractivity contribution in [2.75, 3.05) is 0 Å². The Balaban J connectivity index is 1.62. The molecule has 5 rings (SSSR count). The van der Waals surface area contributed by atoms with Crippen molar-refractivity contribution in [2.45, 2.75) is 18.7 Å². The average molecular weight is 411 g/mol. The number of fused-ring (bicyclic) bond motifs is 3. The highest BCUT2D eigenvalue weighted by Gasteiger charge is 2.41. The molecular formula is C20H15BrN2OS. The smallest absolute Gasteiger partial charge is 0.213 e. The molecule has 0 aliphatic carbocycles. The van der Waals surface area contributed by atoms with Crippen LogP contribution in [-0.2, 0) is 0 Å². The van der Waals surface area contributed by atoms with E-state index in [9.17, 15) is 0 Å². The third-order valence-electron chi connectivity index (χ3n) is 4.64. The fourth-order valence-electron chi connectivity index (χ4n) is 3.49. The lowest BCUT2D eigenvalue weighted by Crippen LogP contribution is -2.33. The molecule has 0 fully saturated rings. The van der Waals surface area contributed by atoms with Crippen molar-refractivity contribution in [3.63, 3.8) is 0 Å². The van der Waals surface area contributed by atoms with Crippen LogP contribution < -0.4 is 4.74 Å². The highest BCUT2D eigenvalue weighted by Crippen LogP contribution is 2.48. The first-order valence-electron chi connectivity index (χ1n) is 8.20. The molecule has 2 aliphatic rings. The largest absolute Gasteiger partial charge is 0.464 e. The molecule has 2 aliphatic heterocycles. The van der Waals surface area contributed by atoms with Crippen molar-refractivity contribution >= 4 is 33.0 Å². The summed E-state index contributed by atoms with van der Waals surface area (Å²) in [5, 5.41) is 9.19. The molecule has 0 spiro atoms. The molecule has 0 radical (unpaired) electrons. The number of hydrazone groups is 1. The second kappa shape index (κ2) is 6.00. The van der Waals surface area contributed by atoms with Crippen LogP contribution in [0, 0.1) is 0 Å². The van der Waals surface area contributed by atoms with Gasteiger partial charge in [0.2, 0.25) is 6.23 Å². The van der Waals surface area contributed by atoms with E-state index >= 15 is 0 Å². The van der Waals surface area contributed by atoms with Crippen LogP contribution in [0.2, 0.25) is 0 Å². The van der Waals surface area contributed by atoms with E-state index in [0.717, 1.165) is 27.9 Å². The predicted octanol–water partition coefficient (Wildman–Crippen LogP) is 5.75. The molecule has 124 valence electrons. The summed E-state index contributed by atoms with van der Waals surface area (Å²) in [5.74, 6) is 0.945. The Bertz CT molecular complexity index is 940. The number of benzene rings is 2. The Hall–Kier alpha value is -2.11. The van der Waals surface area contributed by atoms with E-state index < -0.39 is 0 Å². The molecule has 3 nitrogen and oxygen atoms in total. The number of hydrogen-bond acceptors (Lipinski definition) is 4. The van der Waals surface area contributed by atoms with Crippen LogP contribution in [-0.4, -0.2) is 10.7 Å². The van der Waals surface area contributed by atoms with E-state index in [-0.39, 0.29) is 12.3 Å². The number of halogens is 1. The van der Waals surface area contributed by atoms with Gasteiger partial charge in [0.1, 0.15) is 5.75 Å². The van der Waals surface area contributed by atoms with Gasteiger partial charge >= 0.3 is 0 Å². The molecule has 0 bridgehead atoms. The summed E-state index contributed by atoms with van der Waals surface area (Å²) in [6, 6.07) is 21.0. The van der Waals surface area contributed by atoms with Gasteiger partial charge in [-0.25, -0.2) is 5.01 Å². The first-order chi connectivity index (χ1) is 12.3. The minimum absolute atomic E-state index is 0.197. The topological polar surface area (TPSA) is 24.8 Å². The van der Waals surface area contributed by atoms with Gasteiger partial charge in [0.25, 0.3) is 0 Å². The number of rotatable bonds is 2. The van der Waals surface area contributed by atoms with Gasteiger partial charge < -0.3 is 4.74 Å². The summed E-state index contributed by atoms with van der Waals surface area (Å²) in [5.41, 5.74) is 3.45. The number of hydrogen-bond donors (Lipinski definition) is 0. The van der Waals surface area contributed by atoms with Crippen LogP contribution in [0.15, 0.2) is 75.6 Å². The zero-order valence-corrected chi connectivity index (χ0v) is 15.7. The van der Waals surface area contributed by atoms with Gasteiger partial charge in [-0.3, -0.25) is 0 Å². The second-order valence-electron chi connectivity index (χ2n) is 6.19. The number of nitrogens with zero attached hydrogens (tertiary/aromatic N) is 2. The maximum Gasteiger partial charge on any atom is 0.213 e. The SMILES string of the molecule is Brc1ccc2c(c1)[C@H]1CC(c3cccs3)=NN1[C@H](c1ccccc1)O2. The van der Waals surface area contributed by atoms with E-state index in [1.807, 2.05) is 24.3 Å². The lowest BCUT2D eigenvalue weighted by atomic mass is 9.98. The minimum atomic E-state index is -0.197. The van der Waals surface area contributed by atoms with Crippen LogP contribution in [0.5, 0.6) is 5.75 Å². The summed E-state index contributed by atoms with van der Waals surface area (Å²) >= 11 is 5.33. The van der Waals surface area contributed by atoms with Crippen LogP contribution in [0.4, 0.5) is 0 Å². The van der Waals surface area contributed by atoms with Gasteiger partial charge in [-0.1, -0.05) is 52.3 Å². The van der Waals surface area contributed by atoms with Gasteiger partial charge in [-0.15, -0.1) is 11.3 Å². The van der Waals surface area contributed by atoms with Crippen LogP contribution in [0.3, 0.4) is 0 Å². The van der Waals surface area contributed by atoms with Crippen molar-refractivity contribution in [2.24, 2.45) is 5.10 Å². The van der Waals surface area contributed by atoms with Crippen LogP contribution in [0.1, 0.15) is 34.7 Å². The Morgan fingerprint density at radius 1 is 1.08 bits per heavy atom. The van der Waals surface area contributed by atoms with Crippen LogP contribution in [0.25, 0.3) is 0 Å². The second-order valence-corrected chi connectivity index (χ2v) is 8.05. The van der Waals surface area contributed by atoms with E-state index in [1.165, 1.54) is 10.4 Å². The maximum atomic E-state index is 6.35. The molecule has 0 saturated heterocycles. The highest BCUT2D eigenvalue weighted by molar-refractivity contribution is 9.10. The monoisotopic (exact) mass is 410 g/mol. The molecule has 2 atom stereocenters. The molecule has 0 saturated carbocycles. The first kappa shape index (κ1) is 15.2. The molecule has 2 aromatic carbocycles. The summed E-state index contributed by atoms with van der Waals surface area (Å²) in [6.45, 7) is 0. The van der Waals surface area contributed by atoms with Crippen molar-refractivity contribution in [1.82, 2.24) is 5.01 Å². The normalized spacial score (nSPS) is 21.3. The number of ether oxygens (including phenoxy) is 1. The standard InChI is InChI=1S/C20H15BrN2OS/c21-14-8-9-18-15(11-14)17-12-16(19-7-4-10-25-19)22-23(17)20(24-18)13-5-2-1-3-6-13/h1-11,17,20H,12H2/t17-,20+/m1/s1. The quantitative estimate of drug-likeness (QED) is 0.536. The Kier molecular flexibility index (Phi) is 3.64. The van der Waals surface area contributed by atoms with Crippen molar-refractivity contribution in [3.8, 4) is 5.75 Å². The zero-order chi connectivity index (χ0) is 16.8. The average Bonchev–Trinajstić information content (AvgIpc) is 3.31. The Morgan fingerprint density at radius 3 is 2.76 bits per heavy atom. The molecule has 25 heavy (non-hydrogen) atoms. The fraction of sp³-hybridized carbons (Fsp3) is 0.150. The first-order valence-corrected chi connectivity index (χ1v) is 9.87. The molecule has 1 aromatic heterocycles. The minimum Gasteiger partial charge on any atom is -0.464 e. The van der Waals surface area contributed by atoms with Gasteiger partial charge in [0, 0.05) is 22.0 Å². The summed E-state index contributed by atoms with van der Waals surface area (Å²) in [7, 11) is 0. The molecule has 0 amide bonds. The lowest BCUT2D eigenvalue weighted by molar-refractivity contribution is -0.0190. The van der Waals surface area contributed by atoms with Gasteiger partial charge in [-0.2, -0.15) is 5.10 Å². The van der Waals surface area contributed by atoms with E-state index in [1.54, 1.807) is 11.3 Å². The van der Waals surface area contributed by atoms with Crippen LogP contribution >= 0.6 is 27.3 Å². The summed E-state index contributed by atoms with van der Waals surface area (Å²) in [4.78, 5) is 1.23. The zero-order valence-electron chi connectivity index (χ0n) is 13.3.